The second-order valence-electron chi connectivity index (χ2n) is 9.56. The van der Waals surface area contributed by atoms with Crippen molar-refractivity contribution in [2.45, 2.75) is 44.4 Å². The number of hydrogen-bond acceptors (Lipinski definition) is 6. The summed E-state index contributed by atoms with van der Waals surface area (Å²) in [7, 11) is 3.47. The number of nitrogens with one attached hydrogen (secondary N) is 2. The largest absolute Gasteiger partial charge is 0.340 e. The van der Waals surface area contributed by atoms with Crippen LogP contribution in [0.2, 0.25) is 0 Å². The summed E-state index contributed by atoms with van der Waals surface area (Å²) >= 11 is 0. The Hall–Kier alpha value is -3.82. The number of hydrogen-bond donors (Lipinski definition) is 2. The van der Waals surface area contributed by atoms with Gasteiger partial charge in [0.15, 0.2) is 5.82 Å². The number of benzene rings is 1. The second-order valence-corrected chi connectivity index (χ2v) is 9.56. The van der Waals surface area contributed by atoms with Crippen LogP contribution in [0.1, 0.15) is 54.3 Å². The molecule has 180 valence electrons. The Morgan fingerprint density at radius 1 is 1.06 bits per heavy atom. The summed E-state index contributed by atoms with van der Waals surface area (Å²) < 4.78 is 32.1. The number of halogens is 2. The molecule has 0 atom stereocenters. The molecule has 0 amide bonds. The Labute approximate surface area is 201 Å². The Balaban J connectivity index is 1.49. The van der Waals surface area contributed by atoms with E-state index in [0.29, 0.717) is 28.6 Å². The summed E-state index contributed by atoms with van der Waals surface area (Å²) in [6.07, 6.45) is 7.55. The van der Waals surface area contributed by atoms with Crippen molar-refractivity contribution in [3.8, 4) is 11.4 Å². The minimum atomic E-state index is -0.624. The predicted octanol–water partition coefficient (Wildman–Crippen LogP) is 5.45. The van der Waals surface area contributed by atoms with E-state index in [1.54, 1.807) is 13.4 Å². The topological polar surface area (TPSA) is 87.6 Å². The van der Waals surface area contributed by atoms with Crippen LogP contribution in [0.25, 0.3) is 11.4 Å². The molecule has 2 aliphatic carbocycles. The quantitative estimate of drug-likeness (QED) is 0.369. The molecule has 35 heavy (non-hydrogen) atoms. The van der Waals surface area contributed by atoms with Crippen LogP contribution < -0.4 is 10.2 Å². The molecular weight excluding hydrogens is 450 g/mol. The molecule has 1 aromatic carbocycles. The van der Waals surface area contributed by atoms with Crippen LogP contribution in [0.5, 0.6) is 0 Å². The van der Waals surface area contributed by atoms with Gasteiger partial charge in [0.05, 0.1) is 6.33 Å². The van der Waals surface area contributed by atoms with Gasteiger partial charge in [0.25, 0.3) is 0 Å². The molecule has 2 saturated carbocycles. The van der Waals surface area contributed by atoms with Gasteiger partial charge in [-0.2, -0.15) is 10.1 Å². The Morgan fingerprint density at radius 2 is 1.77 bits per heavy atom. The lowest BCUT2D eigenvalue weighted by molar-refractivity contribution is 0.579. The fourth-order valence-electron chi connectivity index (χ4n) is 4.45. The standard InChI is InChI=1S/C25H26F2N8/c1-13-8-20(33-32-13)29-24-21(15-6-7-15)22(19-11-34(2)12-28-19)30-25(31-24)35(3)23-17(26)9-16(10-18(23)27)14-4-5-14/h8-12,14-15H,4-7H2,1-3H3,(H2,29,30,31,32,33). The number of nitrogens with zero attached hydrogens (tertiary/aromatic N) is 6. The van der Waals surface area contributed by atoms with Gasteiger partial charge in [-0.1, -0.05) is 0 Å². The van der Waals surface area contributed by atoms with Crippen LogP contribution in [-0.2, 0) is 7.05 Å². The minimum absolute atomic E-state index is 0.168. The molecule has 10 heteroatoms. The van der Waals surface area contributed by atoms with E-state index in [0.717, 1.165) is 36.9 Å². The molecule has 0 saturated heterocycles. The van der Waals surface area contributed by atoms with Crippen LogP contribution in [0, 0.1) is 18.6 Å². The van der Waals surface area contributed by atoms with E-state index in [2.05, 4.69) is 20.5 Å². The first kappa shape index (κ1) is 21.7. The summed E-state index contributed by atoms with van der Waals surface area (Å²) in [5, 5.41) is 10.5. The number of aromatic amines is 1. The molecule has 0 bridgehead atoms. The molecule has 0 unspecified atom stereocenters. The summed E-state index contributed by atoms with van der Waals surface area (Å²) in [5.74, 6) is 0.613. The van der Waals surface area contributed by atoms with Gasteiger partial charge < -0.3 is 14.8 Å². The lowest BCUT2D eigenvalue weighted by Crippen LogP contribution is -2.18. The molecule has 2 aliphatic rings. The zero-order valence-corrected chi connectivity index (χ0v) is 19.8. The Bertz CT molecular complexity index is 1390. The summed E-state index contributed by atoms with van der Waals surface area (Å²) in [6, 6.07) is 4.73. The van der Waals surface area contributed by atoms with Crippen molar-refractivity contribution in [1.82, 2.24) is 29.7 Å². The van der Waals surface area contributed by atoms with Gasteiger partial charge >= 0.3 is 0 Å². The Kier molecular flexibility index (Phi) is 5.05. The van der Waals surface area contributed by atoms with Crippen molar-refractivity contribution < 1.29 is 8.78 Å². The van der Waals surface area contributed by atoms with Crippen LogP contribution in [0.4, 0.5) is 32.1 Å². The van der Waals surface area contributed by atoms with Crippen molar-refractivity contribution in [2.24, 2.45) is 7.05 Å². The van der Waals surface area contributed by atoms with E-state index in [-0.39, 0.29) is 23.5 Å². The normalized spacial score (nSPS) is 15.5. The first-order valence-corrected chi connectivity index (χ1v) is 11.8. The Morgan fingerprint density at radius 3 is 2.34 bits per heavy atom. The molecule has 0 aliphatic heterocycles. The van der Waals surface area contributed by atoms with Crippen LogP contribution >= 0.6 is 0 Å². The maximum absolute atomic E-state index is 15.1. The molecule has 6 rings (SSSR count). The molecule has 4 aromatic rings. The average molecular weight is 477 g/mol. The summed E-state index contributed by atoms with van der Waals surface area (Å²) in [4.78, 5) is 15.4. The van der Waals surface area contributed by atoms with Crippen molar-refractivity contribution in [1.29, 1.82) is 0 Å². The van der Waals surface area contributed by atoms with Crippen LogP contribution in [0.3, 0.4) is 0 Å². The number of imidazole rings is 1. The van der Waals surface area contributed by atoms with Gasteiger partial charge in [-0.3, -0.25) is 5.10 Å². The van der Waals surface area contributed by atoms with E-state index in [1.807, 2.05) is 30.8 Å². The van der Waals surface area contributed by atoms with E-state index in [1.165, 1.54) is 17.0 Å². The first-order chi connectivity index (χ1) is 16.9. The average Bonchev–Trinajstić information content (AvgIpc) is 3.74. The smallest absolute Gasteiger partial charge is 0.232 e. The highest BCUT2D eigenvalue weighted by Crippen LogP contribution is 2.48. The lowest BCUT2D eigenvalue weighted by Gasteiger charge is -2.22. The number of rotatable bonds is 7. The predicted molar refractivity (Wildman–Crippen MR) is 129 cm³/mol. The maximum atomic E-state index is 15.1. The molecule has 3 aromatic heterocycles. The second kappa shape index (κ2) is 8.14. The highest BCUT2D eigenvalue weighted by atomic mass is 19.1. The molecule has 2 N–H and O–H groups in total. The van der Waals surface area contributed by atoms with E-state index in [4.69, 9.17) is 9.97 Å². The lowest BCUT2D eigenvalue weighted by atomic mass is 10.1. The molecule has 2 fully saturated rings. The summed E-state index contributed by atoms with van der Waals surface area (Å²) in [5.41, 5.74) is 3.69. The first-order valence-electron chi connectivity index (χ1n) is 11.8. The molecular formula is C25H26F2N8. The zero-order valence-electron chi connectivity index (χ0n) is 19.8. The van der Waals surface area contributed by atoms with E-state index >= 15 is 8.78 Å². The molecule has 8 nitrogen and oxygen atoms in total. The highest BCUT2D eigenvalue weighted by molar-refractivity contribution is 5.73. The third-order valence-corrected chi connectivity index (χ3v) is 6.54. The number of H-pyrrole nitrogens is 1. The molecule has 0 spiro atoms. The van der Waals surface area contributed by atoms with Gasteiger partial charge in [0.1, 0.15) is 34.5 Å². The molecule has 3 heterocycles. The minimum Gasteiger partial charge on any atom is -0.340 e. The highest BCUT2D eigenvalue weighted by Gasteiger charge is 2.34. The third kappa shape index (κ3) is 4.13. The fourth-order valence-corrected chi connectivity index (χ4v) is 4.45. The van der Waals surface area contributed by atoms with Crippen molar-refractivity contribution in [3.05, 3.63) is 59.2 Å². The SMILES string of the molecule is Cc1cc(Nc2nc(N(C)c3c(F)cc(C4CC4)cc3F)nc(-c3cn(C)cn3)c2C2CC2)n[nH]1. The number of anilines is 4. The molecule has 0 radical (unpaired) electrons. The van der Waals surface area contributed by atoms with E-state index < -0.39 is 11.6 Å². The van der Waals surface area contributed by atoms with Crippen molar-refractivity contribution in [3.63, 3.8) is 0 Å². The zero-order chi connectivity index (χ0) is 24.3. The van der Waals surface area contributed by atoms with Crippen molar-refractivity contribution in [2.75, 3.05) is 17.3 Å². The van der Waals surface area contributed by atoms with E-state index in [9.17, 15) is 0 Å². The maximum Gasteiger partial charge on any atom is 0.232 e. The summed E-state index contributed by atoms with van der Waals surface area (Å²) in [6.45, 7) is 1.91. The van der Waals surface area contributed by atoms with Crippen LogP contribution in [-0.4, -0.2) is 36.8 Å². The van der Waals surface area contributed by atoms with Gasteiger partial charge in [-0.05, 0) is 62.1 Å². The fraction of sp³-hybridized carbons (Fsp3) is 0.360. The van der Waals surface area contributed by atoms with Gasteiger partial charge in [-0.25, -0.2) is 18.7 Å². The van der Waals surface area contributed by atoms with Crippen molar-refractivity contribution >= 4 is 23.3 Å². The number of aromatic nitrogens is 6. The number of aryl methyl sites for hydroxylation is 2. The van der Waals surface area contributed by atoms with Gasteiger partial charge in [0.2, 0.25) is 5.95 Å². The monoisotopic (exact) mass is 476 g/mol. The van der Waals surface area contributed by atoms with Gasteiger partial charge in [0, 0.05) is 37.6 Å². The van der Waals surface area contributed by atoms with Crippen LogP contribution in [0.15, 0.2) is 30.7 Å². The van der Waals surface area contributed by atoms with Gasteiger partial charge in [-0.15, -0.1) is 0 Å². The third-order valence-electron chi connectivity index (χ3n) is 6.54.